The van der Waals surface area contributed by atoms with Gasteiger partial charge in [0.05, 0.1) is 11.2 Å². The van der Waals surface area contributed by atoms with Crippen molar-refractivity contribution in [2.75, 3.05) is 10.6 Å². The summed E-state index contributed by atoms with van der Waals surface area (Å²) in [5, 5.41) is 7.06. The molecule has 6 heteroatoms. The van der Waals surface area contributed by atoms with Gasteiger partial charge in [-0.3, -0.25) is 9.78 Å². The minimum atomic E-state index is -0.286. The molecule has 2 aromatic carbocycles. The van der Waals surface area contributed by atoms with Crippen molar-refractivity contribution in [1.82, 2.24) is 15.0 Å². The second-order valence-corrected chi connectivity index (χ2v) is 6.60. The molecule has 0 bridgehead atoms. The molecule has 0 saturated carbocycles. The Morgan fingerprint density at radius 3 is 2.50 bits per heavy atom. The Kier molecular flexibility index (Phi) is 4.68. The van der Waals surface area contributed by atoms with E-state index in [0.29, 0.717) is 5.95 Å². The number of nitrogens with one attached hydrogen (secondary N) is 2. The number of anilines is 3. The third-order valence-electron chi connectivity index (χ3n) is 4.25. The quantitative estimate of drug-likeness (QED) is 0.548. The summed E-state index contributed by atoms with van der Waals surface area (Å²) in [4.78, 5) is 25.6. The van der Waals surface area contributed by atoms with Crippen LogP contribution in [-0.4, -0.2) is 20.9 Å². The van der Waals surface area contributed by atoms with Gasteiger partial charge < -0.3 is 10.6 Å². The van der Waals surface area contributed by atoms with Crippen LogP contribution in [0.3, 0.4) is 0 Å². The molecule has 0 saturated heterocycles. The number of aromatic nitrogens is 3. The standard InChI is InChI=1S/C22H19N5O/c1-14-11-15(2)13-17(12-14)25-21(28)19-8-10-24-22(27-19)26-18-7-3-5-16-6-4-9-23-20(16)18/h3-13H,1-2H3,(H,25,28)(H,24,26,27). The first kappa shape index (κ1) is 17.6. The first-order valence-electron chi connectivity index (χ1n) is 8.92. The molecule has 2 aromatic heterocycles. The molecule has 2 N–H and O–H groups in total. The summed E-state index contributed by atoms with van der Waals surface area (Å²) in [6.45, 7) is 3.99. The second kappa shape index (κ2) is 7.44. The molecular formula is C22H19N5O. The molecule has 0 spiro atoms. The van der Waals surface area contributed by atoms with Crippen LogP contribution in [0, 0.1) is 13.8 Å². The maximum atomic E-state index is 12.6. The van der Waals surface area contributed by atoms with Crippen LogP contribution in [0.1, 0.15) is 21.6 Å². The van der Waals surface area contributed by atoms with Gasteiger partial charge in [-0.1, -0.05) is 24.3 Å². The number of rotatable bonds is 4. The molecule has 2 heterocycles. The number of fused-ring (bicyclic) bond motifs is 1. The smallest absolute Gasteiger partial charge is 0.274 e. The van der Waals surface area contributed by atoms with Crippen molar-refractivity contribution in [1.29, 1.82) is 0 Å². The lowest BCUT2D eigenvalue weighted by Crippen LogP contribution is -2.15. The van der Waals surface area contributed by atoms with E-state index in [1.165, 1.54) is 0 Å². The number of carbonyl (C=O) groups excluding carboxylic acids is 1. The summed E-state index contributed by atoms with van der Waals surface area (Å²) in [5.74, 6) is 0.0534. The molecule has 4 rings (SSSR count). The number of nitrogens with zero attached hydrogens (tertiary/aromatic N) is 3. The molecule has 0 aliphatic carbocycles. The van der Waals surface area contributed by atoms with Crippen molar-refractivity contribution < 1.29 is 4.79 Å². The lowest BCUT2D eigenvalue weighted by Gasteiger charge is -2.10. The van der Waals surface area contributed by atoms with E-state index in [4.69, 9.17) is 0 Å². The normalized spacial score (nSPS) is 10.6. The Balaban J connectivity index is 1.58. The van der Waals surface area contributed by atoms with Gasteiger partial charge in [0, 0.05) is 23.5 Å². The molecule has 4 aromatic rings. The fourth-order valence-electron chi connectivity index (χ4n) is 3.11. The Hall–Kier alpha value is -3.80. The van der Waals surface area contributed by atoms with E-state index in [2.05, 4.69) is 31.7 Å². The highest BCUT2D eigenvalue weighted by molar-refractivity contribution is 6.03. The van der Waals surface area contributed by atoms with Gasteiger partial charge in [-0.25, -0.2) is 9.97 Å². The summed E-state index contributed by atoms with van der Waals surface area (Å²) < 4.78 is 0. The van der Waals surface area contributed by atoms with Gasteiger partial charge in [-0.05, 0) is 55.3 Å². The van der Waals surface area contributed by atoms with Gasteiger partial charge in [0.25, 0.3) is 5.91 Å². The van der Waals surface area contributed by atoms with Crippen LogP contribution >= 0.6 is 0 Å². The fraction of sp³-hybridized carbons (Fsp3) is 0.0909. The number of benzene rings is 2. The van der Waals surface area contributed by atoms with Gasteiger partial charge in [0.1, 0.15) is 5.69 Å². The molecule has 138 valence electrons. The Morgan fingerprint density at radius 1 is 0.893 bits per heavy atom. The van der Waals surface area contributed by atoms with E-state index in [0.717, 1.165) is 33.4 Å². The number of amides is 1. The summed E-state index contributed by atoms with van der Waals surface area (Å²) >= 11 is 0. The summed E-state index contributed by atoms with van der Waals surface area (Å²) in [6.07, 6.45) is 3.30. The third kappa shape index (κ3) is 3.81. The fourth-order valence-corrected chi connectivity index (χ4v) is 3.11. The number of aryl methyl sites for hydroxylation is 2. The molecule has 28 heavy (non-hydrogen) atoms. The molecule has 0 aliphatic heterocycles. The van der Waals surface area contributed by atoms with E-state index >= 15 is 0 Å². The summed E-state index contributed by atoms with van der Waals surface area (Å²) in [5.41, 5.74) is 4.80. The van der Waals surface area contributed by atoms with Crippen LogP contribution in [0.25, 0.3) is 10.9 Å². The molecule has 0 atom stereocenters. The molecule has 1 amide bonds. The predicted octanol–water partition coefficient (Wildman–Crippen LogP) is 4.64. The zero-order chi connectivity index (χ0) is 19.5. The van der Waals surface area contributed by atoms with Crippen molar-refractivity contribution in [3.8, 4) is 0 Å². The van der Waals surface area contributed by atoms with Gasteiger partial charge >= 0.3 is 0 Å². The zero-order valence-electron chi connectivity index (χ0n) is 15.6. The van der Waals surface area contributed by atoms with Crippen molar-refractivity contribution in [3.05, 3.63) is 83.8 Å². The Bertz CT molecular complexity index is 1150. The van der Waals surface area contributed by atoms with E-state index in [-0.39, 0.29) is 11.6 Å². The third-order valence-corrected chi connectivity index (χ3v) is 4.25. The van der Waals surface area contributed by atoms with Crippen molar-refractivity contribution in [2.24, 2.45) is 0 Å². The average molecular weight is 369 g/mol. The SMILES string of the molecule is Cc1cc(C)cc(NC(=O)c2ccnc(Nc3cccc4cccnc34)n2)c1. The Labute approximate surface area is 162 Å². The highest BCUT2D eigenvalue weighted by Crippen LogP contribution is 2.23. The minimum absolute atomic E-state index is 0.282. The number of carbonyl (C=O) groups is 1. The summed E-state index contributed by atoms with van der Waals surface area (Å²) in [6, 6.07) is 17.2. The monoisotopic (exact) mass is 369 g/mol. The second-order valence-electron chi connectivity index (χ2n) is 6.60. The van der Waals surface area contributed by atoms with E-state index < -0.39 is 0 Å². The highest BCUT2D eigenvalue weighted by Gasteiger charge is 2.11. The van der Waals surface area contributed by atoms with Gasteiger partial charge in [-0.2, -0.15) is 0 Å². The number of para-hydroxylation sites is 1. The van der Waals surface area contributed by atoms with E-state index in [9.17, 15) is 4.79 Å². The first-order valence-corrected chi connectivity index (χ1v) is 8.92. The summed E-state index contributed by atoms with van der Waals surface area (Å²) in [7, 11) is 0. The van der Waals surface area contributed by atoms with Crippen LogP contribution in [0.4, 0.5) is 17.3 Å². The van der Waals surface area contributed by atoms with Gasteiger partial charge in [0.15, 0.2) is 0 Å². The van der Waals surface area contributed by atoms with Crippen LogP contribution in [-0.2, 0) is 0 Å². The maximum Gasteiger partial charge on any atom is 0.274 e. The first-order chi connectivity index (χ1) is 13.6. The topological polar surface area (TPSA) is 79.8 Å². The van der Waals surface area contributed by atoms with Crippen LogP contribution in [0.5, 0.6) is 0 Å². The van der Waals surface area contributed by atoms with Gasteiger partial charge in [-0.15, -0.1) is 0 Å². The van der Waals surface area contributed by atoms with E-state index in [1.807, 2.05) is 56.3 Å². The van der Waals surface area contributed by atoms with Gasteiger partial charge in [0.2, 0.25) is 5.95 Å². The average Bonchev–Trinajstić information content (AvgIpc) is 2.68. The van der Waals surface area contributed by atoms with Crippen molar-refractivity contribution in [3.63, 3.8) is 0 Å². The van der Waals surface area contributed by atoms with Crippen LogP contribution in [0.2, 0.25) is 0 Å². The molecule has 0 aliphatic rings. The Morgan fingerprint density at radius 2 is 1.68 bits per heavy atom. The number of hydrogen-bond acceptors (Lipinski definition) is 5. The number of pyridine rings is 1. The molecule has 0 unspecified atom stereocenters. The largest absolute Gasteiger partial charge is 0.322 e. The number of hydrogen-bond donors (Lipinski definition) is 2. The highest BCUT2D eigenvalue weighted by atomic mass is 16.1. The molecule has 0 radical (unpaired) electrons. The van der Waals surface area contributed by atoms with Crippen molar-refractivity contribution in [2.45, 2.75) is 13.8 Å². The predicted molar refractivity (Wildman–Crippen MR) is 111 cm³/mol. The maximum absolute atomic E-state index is 12.6. The molecule has 6 nitrogen and oxygen atoms in total. The van der Waals surface area contributed by atoms with E-state index in [1.54, 1.807) is 18.5 Å². The minimum Gasteiger partial charge on any atom is -0.322 e. The zero-order valence-corrected chi connectivity index (χ0v) is 15.6. The van der Waals surface area contributed by atoms with Crippen molar-refractivity contribution >= 4 is 34.1 Å². The molecular weight excluding hydrogens is 350 g/mol. The van der Waals surface area contributed by atoms with Crippen LogP contribution < -0.4 is 10.6 Å². The molecule has 0 fully saturated rings. The lowest BCUT2D eigenvalue weighted by atomic mass is 10.1. The van der Waals surface area contributed by atoms with Crippen LogP contribution in [0.15, 0.2) is 67.0 Å². The lowest BCUT2D eigenvalue weighted by molar-refractivity contribution is 0.102.